The minimum atomic E-state index is 0.446. The van der Waals surface area contributed by atoms with Crippen LogP contribution in [0.1, 0.15) is 11.1 Å². The van der Waals surface area contributed by atoms with Crippen LogP contribution in [0.4, 0.5) is 0 Å². The predicted octanol–water partition coefficient (Wildman–Crippen LogP) is 3.30. The summed E-state index contributed by atoms with van der Waals surface area (Å²) < 4.78 is 75.9. The normalized spacial score (nSPS) is 11.1. The van der Waals surface area contributed by atoms with E-state index in [2.05, 4.69) is 11.8 Å². The van der Waals surface area contributed by atoms with E-state index in [0.717, 1.165) is 22.6 Å². The van der Waals surface area contributed by atoms with Gasteiger partial charge in [-0.3, -0.25) is 0 Å². The topological polar surface area (TPSA) is 129 Å². The van der Waals surface area contributed by atoms with Crippen LogP contribution in [0, 0.1) is 11.8 Å². The summed E-state index contributed by atoms with van der Waals surface area (Å²) in [5.74, 6) is 7.88. The summed E-state index contributed by atoms with van der Waals surface area (Å²) in [5, 5.41) is 0. The van der Waals surface area contributed by atoms with Crippen molar-refractivity contribution < 1.29 is 66.3 Å². The van der Waals surface area contributed by atoms with Crippen LogP contribution in [-0.2, 0) is 56.8 Å². The monoisotopic (exact) mass is 766 g/mol. The third kappa shape index (κ3) is 29.5. The Labute approximate surface area is 321 Å². The van der Waals surface area contributed by atoms with Crippen molar-refractivity contribution in [3.05, 3.63) is 59.7 Å². The van der Waals surface area contributed by atoms with Gasteiger partial charge in [0.15, 0.2) is 0 Å². The molecule has 0 saturated carbocycles. The van der Waals surface area contributed by atoms with E-state index < -0.39 is 0 Å². The molecule has 2 aromatic rings. The van der Waals surface area contributed by atoms with Gasteiger partial charge in [-0.25, -0.2) is 0 Å². The molecule has 0 fully saturated rings. The molecule has 2 rings (SSSR count). The third-order valence-electron chi connectivity index (χ3n) is 6.89. The van der Waals surface area contributed by atoms with Crippen molar-refractivity contribution in [1.82, 2.24) is 0 Å². The zero-order valence-corrected chi connectivity index (χ0v) is 32.3. The van der Waals surface area contributed by atoms with Gasteiger partial charge in [0.05, 0.1) is 145 Å². The predicted molar refractivity (Wildman–Crippen MR) is 202 cm³/mol. The molecule has 0 heterocycles. The van der Waals surface area contributed by atoms with Gasteiger partial charge in [0.25, 0.3) is 0 Å². The molecule has 306 valence electrons. The maximum atomic E-state index is 5.76. The van der Waals surface area contributed by atoms with E-state index in [4.69, 9.17) is 66.3 Å². The fourth-order valence-electron chi connectivity index (χ4n) is 4.10. The zero-order chi connectivity index (χ0) is 38.3. The van der Waals surface area contributed by atoms with E-state index in [1.165, 1.54) is 0 Å². The second kappa shape index (κ2) is 37.1. The van der Waals surface area contributed by atoms with Crippen LogP contribution < -0.4 is 9.47 Å². The second-order valence-corrected chi connectivity index (χ2v) is 11.1. The number of rotatable bonds is 38. The average molecular weight is 767 g/mol. The molecule has 0 atom stereocenters. The lowest BCUT2D eigenvalue weighted by Gasteiger charge is -2.09. The highest BCUT2D eigenvalue weighted by atomic mass is 16.6. The van der Waals surface area contributed by atoms with Gasteiger partial charge in [0.1, 0.15) is 24.7 Å². The van der Waals surface area contributed by atoms with Crippen LogP contribution in [0.3, 0.4) is 0 Å². The Balaban J connectivity index is 1.38. The van der Waals surface area contributed by atoms with Crippen molar-refractivity contribution in [1.29, 1.82) is 0 Å². The van der Waals surface area contributed by atoms with E-state index >= 15 is 0 Å². The van der Waals surface area contributed by atoms with Gasteiger partial charge >= 0.3 is 0 Å². The van der Waals surface area contributed by atoms with E-state index in [1.807, 2.05) is 48.5 Å². The van der Waals surface area contributed by atoms with Gasteiger partial charge in [-0.05, 0) is 48.5 Å². The van der Waals surface area contributed by atoms with Crippen LogP contribution in [0.25, 0.3) is 0 Å². The quantitative estimate of drug-likeness (QED) is 0.0733. The molecular formula is C40H62O14. The first kappa shape index (κ1) is 47.3. The van der Waals surface area contributed by atoms with Gasteiger partial charge in [-0.2, -0.15) is 0 Å². The van der Waals surface area contributed by atoms with Crippen molar-refractivity contribution in [3.63, 3.8) is 0 Å². The minimum Gasteiger partial charge on any atom is -0.491 e. The Morgan fingerprint density at radius 1 is 0.278 bits per heavy atom. The van der Waals surface area contributed by atoms with E-state index in [0.29, 0.717) is 159 Å². The summed E-state index contributed by atoms with van der Waals surface area (Å²) in [4.78, 5) is 0. The maximum absolute atomic E-state index is 5.76. The maximum Gasteiger partial charge on any atom is 0.119 e. The fraction of sp³-hybridized carbons (Fsp3) is 0.650. The van der Waals surface area contributed by atoms with Crippen molar-refractivity contribution in [2.75, 3.05) is 173 Å². The molecule has 54 heavy (non-hydrogen) atoms. The molecule has 0 aliphatic heterocycles. The van der Waals surface area contributed by atoms with Gasteiger partial charge in [-0.1, -0.05) is 11.8 Å². The van der Waals surface area contributed by atoms with Gasteiger partial charge in [-0.15, -0.1) is 0 Å². The minimum absolute atomic E-state index is 0.446. The summed E-state index contributed by atoms with van der Waals surface area (Å²) in [7, 11) is 3.29. The molecule has 14 nitrogen and oxygen atoms in total. The Kier molecular flexibility index (Phi) is 32.4. The molecule has 0 amide bonds. The number of benzene rings is 2. The lowest BCUT2D eigenvalue weighted by Crippen LogP contribution is -2.14. The Morgan fingerprint density at radius 3 is 0.704 bits per heavy atom. The summed E-state index contributed by atoms with van der Waals surface area (Å²) in [6, 6.07) is 15.3. The third-order valence-corrected chi connectivity index (χ3v) is 6.89. The van der Waals surface area contributed by atoms with Gasteiger partial charge < -0.3 is 66.3 Å². The fourth-order valence-corrected chi connectivity index (χ4v) is 4.10. The van der Waals surface area contributed by atoms with Crippen molar-refractivity contribution in [2.24, 2.45) is 0 Å². The Morgan fingerprint density at radius 2 is 0.481 bits per heavy atom. The molecule has 0 N–H and O–H groups in total. The lowest BCUT2D eigenvalue weighted by molar-refractivity contribution is -0.0159. The van der Waals surface area contributed by atoms with Crippen LogP contribution in [0.15, 0.2) is 48.5 Å². The van der Waals surface area contributed by atoms with E-state index in [9.17, 15) is 0 Å². The number of hydrogen-bond donors (Lipinski definition) is 0. The second-order valence-electron chi connectivity index (χ2n) is 11.1. The molecular weight excluding hydrogens is 704 g/mol. The Hall–Kier alpha value is -2.88. The molecule has 0 aliphatic rings. The molecule has 0 saturated heterocycles. The lowest BCUT2D eigenvalue weighted by atomic mass is 10.2. The highest BCUT2D eigenvalue weighted by molar-refractivity contribution is 5.45. The molecule has 0 aromatic heterocycles. The molecule has 0 radical (unpaired) electrons. The molecule has 14 heteroatoms. The van der Waals surface area contributed by atoms with Crippen molar-refractivity contribution >= 4 is 0 Å². The highest BCUT2D eigenvalue weighted by Gasteiger charge is 1.99. The van der Waals surface area contributed by atoms with Gasteiger partial charge in [0.2, 0.25) is 0 Å². The largest absolute Gasteiger partial charge is 0.491 e. The average Bonchev–Trinajstić information content (AvgIpc) is 3.20. The first-order valence-electron chi connectivity index (χ1n) is 18.5. The van der Waals surface area contributed by atoms with E-state index in [1.54, 1.807) is 14.2 Å². The van der Waals surface area contributed by atoms with E-state index in [-0.39, 0.29) is 0 Å². The summed E-state index contributed by atoms with van der Waals surface area (Å²) in [6.07, 6.45) is 0. The number of ether oxygens (including phenoxy) is 14. The molecule has 0 bridgehead atoms. The first-order valence-corrected chi connectivity index (χ1v) is 18.5. The molecule has 0 aliphatic carbocycles. The smallest absolute Gasteiger partial charge is 0.119 e. The van der Waals surface area contributed by atoms with Crippen LogP contribution >= 0.6 is 0 Å². The summed E-state index contributed by atoms with van der Waals surface area (Å²) in [5.41, 5.74) is 1.79. The number of hydrogen-bond acceptors (Lipinski definition) is 14. The van der Waals surface area contributed by atoms with Crippen molar-refractivity contribution in [2.45, 2.75) is 0 Å². The van der Waals surface area contributed by atoms with Crippen molar-refractivity contribution in [3.8, 4) is 23.3 Å². The zero-order valence-electron chi connectivity index (χ0n) is 32.3. The SMILES string of the molecule is COCCOCCOCCOCCOCCOCCOc1ccc(C#Cc2ccc(OCCOCCOCCOCCOCCOCCOC)cc2)cc1. The van der Waals surface area contributed by atoms with Crippen LogP contribution in [0.5, 0.6) is 11.5 Å². The molecule has 2 aromatic carbocycles. The molecule has 0 unspecified atom stereocenters. The molecule has 0 spiro atoms. The van der Waals surface area contributed by atoms with Crippen LogP contribution in [0.2, 0.25) is 0 Å². The highest BCUT2D eigenvalue weighted by Crippen LogP contribution is 2.13. The first-order chi connectivity index (χ1) is 26.8. The standard InChI is InChI=1S/C40H62O14/c1-41-13-15-43-17-19-45-21-23-47-25-27-49-29-31-51-33-35-53-39-9-5-37(6-10-39)3-4-38-7-11-40(12-8-38)54-36-34-52-32-30-50-28-26-48-24-22-46-20-18-44-16-14-42-2/h5-12H,13-36H2,1-2H3. The van der Waals surface area contributed by atoms with Gasteiger partial charge in [0, 0.05) is 25.3 Å². The summed E-state index contributed by atoms with van der Waals surface area (Å²) in [6.45, 7) is 12.5. The number of methoxy groups -OCH3 is 2. The van der Waals surface area contributed by atoms with Crippen LogP contribution in [-0.4, -0.2) is 173 Å². The Bertz CT molecular complexity index is 1050. The summed E-state index contributed by atoms with van der Waals surface area (Å²) >= 11 is 0.